The van der Waals surface area contributed by atoms with Crippen molar-refractivity contribution in [2.24, 2.45) is 0 Å². The molecule has 0 bridgehead atoms. The predicted molar refractivity (Wildman–Crippen MR) is 106 cm³/mol. The molecule has 0 aliphatic carbocycles. The molecule has 6 nitrogen and oxygen atoms in total. The molecule has 2 aromatic carbocycles. The summed E-state index contributed by atoms with van der Waals surface area (Å²) in [5.41, 5.74) is 1.29. The first kappa shape index (κ1) is 18.2. The van der Waals surface area contributed by atoms with E-state index in [1.807, 2.05) is 30.3 Å². The second kappa shape index (κ2) is 8.21. The number of aromatic nitrogens is 3. The van der Waals surface area contributed by atoms with Crippen molar-refractivity contribution < 1.29 is 9.18 Å². The maximum absolute atomic E-state index is 13.4. The second-order valence-corrected chi connectivity index (χ2v) is 6.85. The lowest BCUT2D eigenvalue weighted by Gasteiger charge is -2.23. The summed E-state index contributed by atoms with van der Waals surface area (Å²) in [4.78, 5) is 14.6. The average molecular weight is 379 g/mol. The molecule has 0 radical (unpaired) electrons. The Morgan fingerprint density at radius 1 is 1.04 bits per heavy atom. The third-order valence-electron chi connectivity index (χ3n) is 4.89. The van der Waals surface area contributed by atoms with Crippen molar-refractivity contribution in [1.82, 2.24) is 14.8 Å². The lowest BCUT2D eigenvalue weighted by atomic mass is 10.2. The van der Waals surface area contributed by atoms with E-state index in [2.05, 4.69) is 20.1 Å². The molecule has 0 saturated heterocycles. The van der Waals surface area contributed by atoms with Crippen LogP contribution in [0.2, 0.25) is 0 Å². The van der Waals surface area contributed by atoms with Gasteiger partial charge in [-0.2, -0.15) is 0 Å². The molecule has 28 heavy (non-hydrogen) atoms. The zero-order valence-corrected chi connectivity index (χ0v) is 15.5. The Kier molecular flexibility index (Phi) is 5.32. The summed E-state index contributed by atoms with van der Waals surface area (Å²) in [5.74, 6) is 1.36. The predicted octanol–water partition coefficient (Wildman–Crippen LogP) is 4.38. The highest BCUT2D eigenvalue weighted by molar-refractivity contribution is 6.01. The number of carbonyl (C=O) groups is 1. The van der Waals surface area contributed by atoms with Gasteiger partial charge in [0.1, 0.15) is 11.6 Å². The van der Waals surface area contributed by atoms with Gasteiger partial charge in [-0.05, 0) is 49.2 Å². The number of urea groups is 1. The Bertz CT molecular complexity index is 939. The quantitative estimate of drug-likeness (QED) is 0.732. The summed E-state index contributed by atoms with van der Waals surface area (Å²) in [6.07, 6.45) is 4.25. The standard InChI is InChI=1S/C21H22FN5O/c22-16-10-12-18(13-11-16)27(21(28)23-17-7-3-1-4-8-17)15-20-25-24-19-9-5-2-6-14-26(19)20/h1,3-4,7-8,10-13H,2,5-6,9,14-15H2,(H,23,28). The zero-order chi connectivity index (χ0) is 19.3. The molecule has 0 fully saturated rings. The first-order chi connectivity index (χ1) is 13.7. The Labute approximate surface area is 163 Å². The smallest absolute Gasteiger partial charge is 0.313 e. The SMILES string of the molecule is O=C(Nc1ccccc1)N(Cc1nnc2n1CCCCC2)c1ccc(F)cc1. The lowest BCUT2D eigenvalue weighted by Crippen LogP contribution is -2.35. The summed E-state index contributed by atoms with van der Waals surface area (Å²) in [7, 11) is 0. The van der Waals surface area contributed by atoms with Crippen LogP contribution in [0.3, 0.4) is 0 Å². The van der Waals surface area contributed by atoms with Gasteiger partial charge in [0, 0.05) is 24.3 Å². The van der Waals surface area contributed by atoms with Crippen molar-refractivity contribution in [3.63, 3.8) is 0 Å². The summed E-state index contributed by atoms with van der Waals surface area (Å²) in [5, 5.41) is 11.5. The number of para-hydroxylation sites is 1. The number of fused-ring (bicyclic) bond motifs is 1. The van der Waals surface area contributed by atoms with Gasteiger partial charge in [0.25, 0.3) is 0 Å². The van der Waals surface area contributed by atoms with Gasteiger partial charge in [-0.25, -0.2) is 9.18 Å². The van der Waals surface area contributed by atoms with Crippen LogP contribution in [-0.2, 0) is 19.5 Å². The molecule has 0 spiro atoms. The van der Waals surface area contributed by atoms with Gasteiger partial charge in [0.05, 0.1) is 6.54 Å². The minimum Gasteiger partial charge on any atom is -0.313 e. The van der Waals surface area contributed by atoms with Crippen LogP contribution in [0.15, 0.2) is 54.6 Å². The summed E-state index contributed by atoms with van der Waals surface area (Å²) in [6.45, 7) is 1.12. The van der Waals surface area contributed by atoms with Gasteiger partial charge >= 0.3 is 6.03 Å². The van der Waals surface area contributed by atoms with Gasteiger partial charge in [-0.15, -0.1) is 10.2 Å². The molecule has 0 atom stereocenters. The maximum Gasteiger partial charge on any atom is 0.326 e. The molecular formula is C21H22FN5O. The fourth-order valence-electron chi connectivity index (χ4n) is 3.42. The number of nitrogens with zero attached hydrogens (tertiary/aromatic N) is 4. The van der Waals surface area contributed by atoms with Crippen LogP contribution in [0.5, 0.6) is 0 Å². The lowest BCUT2D eigenvalue weighted by molar-refractivity contribution is 0.256. The third kappa shape index (κ3) is 4.03. The van der Waals surface area contributed by atoms with E-state index >= 15 is 0 Å². The molecule has 144 valence electrons. The topological polar surface area (TPSA) is 63.1 Å². The van der Waals surface area contributed by atoms with E-state index in [9.17, 15) is 9.18 Å². The van der Waals surface area contributed by atoms with E-state index in [0.717, 1.165) is 37.5 Å². The van der Waals surface area contributed by atoms with Crippen LogP contribution in [0.4, 0.5) is 20.6 Å². The van der Waals surface area contributed by atoms with Crippen molar-refractivity contribution in [3.05, 3.63) is 72.1 Å². The largest absolute Gasteiger partial charge is 0.326 e. The third-order valence-corrected chi connectivity index (χ3v) is 4.89. The summed E-state index contributed by atoms with van der Waals surface area (Å²) in [6, 6.07) is 14.8. The molecule has 7 heteroatoms. The van der Waals surface area contributed by atoms with Crippen molar-refractivity contribution in [3.8, 4) is 0 Å². The van der Waals surface area contributed by atoms with Crippen LogP contribution in [-0.4, -0.2) is 20.8 Å². The molecule has 4 rings (SSSR count). The monoisotopic (exact) mass is 379 g/mol. The maximum atomic E-state index is 13.4. The van der Waals surface area contributed by atoms with Crippen molar-refractivity contribution in [2.75, 3.05) is 10.2 Å². The molecule has 0 unspecified atom stereocenters. The molecule has 3 aromatic rings. The number of halogens is 1. The fraction of sp³-hybridized carbons (Fsp3) is 0.286. The Morgan fingerprint density at radius 2 is 1.82 bits per heavy atom. The van der Waals surface area contributed by atoms with Crippen molar-refractivity contribution >= 4 is 17.4 Å². The van der Waals surface area contributed by atoms with Crippen LogP contribution < -0.4 is 10.2 Å². The zero-order valence-electron chi connectivity index (χ0n) is 15.5. The molecule has 0 saturated carbocycles. The van der Waals surface area contributed by atoms with Crippen LogP contribution >= 0.6 is 0 Å². The van der Waals surface area contributed by atoms with E-state index in [1.165, 1.54) is 18.6 Å². The Morgan fingerprint density at radius 3 is 2.61 bits per heavy atom. The second-order valence-electron chi connectivity index (χ2n) is 6.85. The Hall–Kier alpha value is -3.22. The number of amides is 2. The van der Waals surface area contributed by atoms with E-state index in [0.29, 0.717) is 11.4 Å². The molecule has 1 aliphatic rings. The number of benzene rings is 2. The van der Waals surface area contributed by atoms with E-state index in [-0.39, 0.29) is 18.4 Å². The Balaban J connectivity index is 1.62. The first-order valence-corrected chi connectivity index (χ1v) is 9.51. The number of anilines is 2. The highest BCUT2D eigenvalue weighted by atomic mass is 19.1. The van der Waals surface area contributed by atoms with Gasteiger partial charge in [-0.3, -0.25) is 4.90 Å². The van der Waals surface area contributed by atoms with Crippen molar-refractivity contribution in [1.29, 1.82) is 0 Å². The van der Waals surface area contributed by atoms with Gasteiger partial charge < -0.3 is 9.88 Å². The van der Waals surface area contributed by atoms with Gasteiger partial charge in [-0.1, -0.05) is 24.6 Å². The van der Waals surface area contributed by atoms with Crippen molar-refractivity contribution in [2.45, 2.75) is 38.8 Å². The molecule has 1 N–H and O–H groups in total. The molecular weight excluding hydrogens is 357 g/mol. The molecule has 1 aromatic heterocycles. The number of hydrogen-bond acceptors (Lipinski definition) is 3. The highest BCUT2D eigenvalue weighted by Gasteiger charge is 2.22. The fourth-order valence-corrected chi connectivity index (χ4v) is 3.42. The van der Waals surface area contributed by atoms with Crippen LogP contribution in [0, 0.1) is 5.82 Å². The normalized spacial score (nSPS) is 13.5. The summed E-state index contributed by atoms with van der Waals surface area (Å²) < 4.78 is 15.5. The van der Waals surface area contributed by atoms with E-state index in [4.69, 9.17) is 0 Å². The molecule has 2 heterocycles. The molecule has 2 amide bonds. The number of carbonyl (C=O) groups excluding carboxylic acids is 1. The van der Waals surface area contributed by atoms with Gasteiger partial charge in [0.2, 0.25) is 0 Å². The summed E-state index contributed by atoms with van der Waals surface area (Å²) >= 11 is 0. The molecule has 1 aliphatic heterocycles. The number of hydrogen-bond donors (Lipinski definition) is 1. The van der Waals surface area contributed by atoms with Crippen LogP contribution in [0.25, 0.3) is 0 Å². The first-order valence-electron chi connectivity index (χ1n) is 9.51. The van der Waals surface area contributed by atoms with Gasteiger partial charge in [0.15, 0.2) is 5.82 Å². The van der Waals surface area contributed by atoms with E-state index in [1.54, 1.807) is 17.0 Å². The minimum absolute atomic E-state index is 0.261. The van der Waals surface area contributed by atoms with E-state index < -0.39 is 0 Å². The average Bonchev–Trinajstić information content (AvgIpc) is 2.93. The van der Waals surface area contributed by atoms with Crippen LogP contribution in [0.1, 0.15) is 30.9 Å². The highest BCUT2D eigenvalue weighted by Crippen LogP contribution is 2.21. The number of rotatable bonds is 4. The minimum atomic E-state index is -0.344. The number of nitrogens with one attached hydrogen (secondary N) is 1. The number of aryl methyl sites for hydroxylation is 1.